The molecule has 0 aliphatic heterocycles. The van der Waals surface area contributed by atoms with E-state index >= 15 is 0 Å². The maximum atomic E-state index is 13.3. The Hall–Kier alpha value is -2.98. The molecule has 0 unspecified atom stereocenters. The Balaban J connectivity index is 5.68. The van der Waals surface area contributed by atoms with Gasteiger partial charge in [0.15, 0.2) is 5.96 Å². The van der Waals surface area contributed by atoms with Crippen LogP contribution in [0.3, 0.4) is 0 Å². The number of carboxylic acids is 1. The van der Waals surface area contributed by atoms with Crippen LogP contribution >= 0.6 is 37.9 Å². The topological polar surface area (TPSA) is 325 Å². The molecule has 0 radical (unpaired) electrons. The Morgan fingerprint density at radius 1 is 0.562 bits per heavy atom. The number of guanidine groups is 1. The average molecular weight is 740 g/mol. The molecule has 5 amide bonds. The molecule has 0 spiro atoms. The van der Waals surface area contributed by atoms with Crippen LogP contribution in [-0.2, 0) is 28.8 Å². The first-order valence-corrected chi connectivity index (χ1v) is 17.4. The molecular formula is C27H53N11O7S3. The SMILES string of the molecule is NCCCC[C@H](NC(=O)[C@H](CS)NC(=O)[C@H](CCCN=C(N)N)NC(=O)[C@H](CS)NC(=O)[C@H](CS)NC(=O)[C@@H](N)CCCCN)C(=O)O. The number of aliphatic imine (C=N–C) groups is 1. The van der Waals surface area contributed by atoms with E-state index in [9.17, 15) is 33.9 Å². The maximum absolute atomic E-state index is 13.3. The lowest BCUT2D eigenvalue weighted by Gasteiger charge is -2.26. The lowest BCUT2D eigenvalue weighted by molar-refractivity contribution is -0.142. The van der Waals surface area contributed by atoms with Gasteiger partial charge in [-0.05, 0) is 58.0 Å². The van der Waals surface area contributed by atoms with Crippen molar-refractivity contribution in [1.29, 1.82) is 0 Å². The van der Waals surface area contributed by atoms with Gasteiger partial charge in [-0.3, -0.25) is 29.0 Å². The van der Waals surface area contributed by atoms with E-state index in [2.05, 4.69) is 69.5 Å². The molecule has 0 fully saturated rings. The van der Waals surface area contributed by atoms with Crippen LogP contribution in [0.1, 0.15) is 51.4 Å². The quantitative estimate of drug-likeness (QED) is 0.0174. The summed E-state index contributed by atoms with van der Waals surface area (Å²) in [5.74, 6) is -5.58. The number of amides is 5. The summed E-state index contributed by atoms with van der Waals surface area (Å²) in [5, 5.41) is 21.9. The van der Waals surface area contributed by atoms with Gasteiger partial charge in [-0.15, -0.1) is 0 Å². The lowest BCUT2D eigenvalue weighted by atomic mass is 10.1. The molecule has 6 atom stereocenters. The van der Waals surface area contributed by atoms with Crippen molar-refractivity contribution in [3.8, 4) is 0 Å². The number of rotatable bonds is 26. The molecule has 0 aliphatic carbocycles. The van der Waals surface area contributed by atoms with Crippen LogP contribution in [0.5, 0.6) is 0 Å². The molecule has 0 aromatic rings. The monoisotopic (exact) mass is 739 g/mol. The fraction of sp³-hybridized carbons (Fsp3) is 0.741. The van der Waals surface area contributed by atoms with Gasteiger partial charge >= 0.3 is 5.97 Å². The van der Waals surface area contributed by atoms with E-state index in [1.54, 1.807) is 0 Å². The normalized spacial score (nSPS) is 14.6. The van der Waals surface area contributed by atoms with E-state index in [1.165, 1.54) is 0 Å². The molecule has 18 nitrogen and oxygen atoms in total. The van der Waals surface area contributed by atoms with Crippen LogP contribution in [-0.4, -0.2) is 120 Å². The molecule has 0 rings (SSSR count). The summed E-state index contributed by atoms with van der Waals surface area (Å²) < 4.78 is 0. The van der Waals surface area contributed by atoms with Crippen molar-refractivity contribution in [3.63, 3.8) is 0 Å². The van der Waals surface area contributed by atoms with Crippen molar-refractivity contribution >= 4 is 79.4 Å². The highest BCUT2D eigenvalue weighted by Gasteiger charge is 2.31. The molecule has 21 heteroatoms. The molecule has 0 saturated heterocycles. The molecular weight excluding hydrogens is 687 g/mol. The van der Waals surface area contributed by atoms with Crippen molar-refractivity contribution in [2.24, 2.45) is 33.7 Å². The maximum Gasteiger partial charge on any atom is 0.326 e. The average Bonchev–Trinajstić information content (AvgIpc) is 3.04. The van der Waals surface area contributed by atoms with E-state index < -0.39 is 71.8 Å². The van der Waals surface area contributed by atoms with E-state index in [0.29, 0.717) is 45.2 Å². The minimum absolute atomic E-state index is 0.0106. The van der Waals surface area contributed by atoms with Crippen molar-refractivity contribution in [2.45, 2.75) is 87.6 Å². The number of nitrogens with two attached hydrogens (primary N) is 5. The number of carbonyl (C=O) groups excluding carboxylic acids is 5. The standard InChI is InChI=1S/C27H53N11O7S3/c28-9-3-1-6-15(30)21(39)36-18(12-46)25(43)38-19(13-47)23(41)34-16(8-5-11-33-27(31)32)22(40)37-20(14-48)24(42)35-17(26(44)45)7-2-4-10-29/h15-20,46-48H,1-14,28-30H2,(H,34,41)(H,35,42)(H,36,39)(H,37,40)(H,38,43)(H,44,45)(H4,31,32,33)/t15-,16-,17-,18-,19-,20-/m0/s1. The number of carbonyl (C=O) groups is 6. The smallest absolute Gasteiger partial charge is 0.326 e. The van der Waals surface area contributed by atoms with Crippen molar-refractivity contribution in [1.82, 2.24) is 26.6 Å². The molecule has 0 aromatic heterocycles. The van der Waals surface area contributed by atoms with Gasteiger partial charge in [0.1, 0.15) is 30.2 Å². The van der Waals surface area contributed by atoms with Crippen molar-refractivity contribution < 1.29 is 33.9 Å². The second kappa shape index (κ2) is 26.0. The van der Waals surface area contributed by atoms with Crippen molar-refractivity contribution in [3.05, 3.63) is 0 Å². The molecule has 16 N–H and O–H groups in total. The number of hydrogen-bond acceptors (Lipinski definition) is 13. The highest BCUT2D eigenvalue weighted by Crippen LogP contribution is 2.06. The zero-order valence-corrected chi connectivity index (χ0v) is 29.6. The summed E-state index contributed by atoms with van der Waals surface area (Å²) in [6.07, 6.45) is 3.07. The fourth-order valence-corrected chi connectivity index (χ4v) is 4.88. The number of nitrogens with one attached hydrogen (secondary N) is 5. The van der Waals surface area contributed by atoms with Crippen LogP contribution in [0.2, 0.25) is 0 Å². The highest BCUT2D eigenvalue weighted by molar-refractivity contribution is 7.80. The van der Waals surface area contributed by atoms with Crippen LogP contribution in [0, 0.1) is 0 Å². The molecule has 0 aliphatic rings. The molecule has 0 aromatic carbocycles. The van der Waals surface area contributed by atoms with Gasteiger partial charge in [-0.2, -0.15) is 37.9 Å². The summed E-state index contributed by atoms with van der Waals surface area (Å²) in [4.78, 5) is 80.5. The molecule has 0 heterocycles. The first-order chi connectivity index (χ1) is 22.7. The Morgan fingerprint density at radius 2 is 0.938 bits per heavy atom. The van der Waals surface area contributed by atoms with Gasteiger partial charge in [-0.1, -0.05) is 6.42 Å². The van der Waals surface area contributed by atoms with Gasteiger partial charge in [0.25, 0.3) is 0 Å². The van der Waals surface area contributed by atoms with Crippen LogP contribution in [0.4, 0.5) is 0 Å². The van der Waals surface area contributed by atoms with Crippen LogP contribution < -0.4 is 55.3 Å². The van der Waals surface area contributed by atoms with Gasteiger partial charge in [0.2, 0.25) is 29.5 Å². The number of unbranched alkanes of at least 4 members (excludes halogenated alkanes) is 2. The minimum atomic E-state index is -1.25. The molecule has 0 bridgehead atoms. The Kier molecular flexibility index (Phi) is 24.3. The lowest BCUT2D eigenvalue weighted by Crippen LogP contribution is -2.60. The number of aliphatic carboxylic acids is 1. The Bertz CT molecular complexity index is 1070. The van der Waals surface area contributed by atoms with Gasteiger partial charge in [-0.25, -0.2) is 4.79 Å². The summed E-state index contributed by atoms with van der Waals surface area (Å²) in [7, 11) is 0. The predicted molar refractivity (Wildman–Crippen MR) is 193 cm³/mol. The van der Waals surface area contributed by atoms with Crippen LogP contribution in [0.15, 0.2) is 4.99 Å². The first kappa shape index (κ1) is 45.0. The van der Waals surface area contributed by atoms with E-state index in [4.69, 9.17) is 28.7 Å². The van der Waals surface area contributed by atoms with Gasteiger partial charge < -0.3 is 60.4 Å². The van der Waals surface area contributed by atoms with E-state index in [0.717, 1.165) is 0 Å². The fourth-order valence-electron chi connectivity index (χ4n) is 4.11. The third-order valence-electron chi connectivity index (χ3n) is 6.89. The Morgan fingerprint density at radius 3 is 1.35 bits per heavy atom. The number of thiol groups is 3. The number of carboxylic acid groups (broad SMARTS) is 1. The summed E-state index contributed by atoms with van der Waals surface area (Å²) >= 11 is 12.4. The molecule has 48 heavy (non-hydrogen) atoms. The number of hydrogen-bond donors (Lipinski definition) is 14. The van der Waals surface area contributed by atoms with Gasteiger partial charge in [0, 0.05) is 23.8 Å². The summed E-state index contributed by atoms with van der Waals surface area (Å²) in [6.45, 7) is 0.933. The second-order valence-electron chi connectivity index (χ2n) is 10.8. The third-order valence-corrected chi connectivity index (χ3v) is 7.99. The first-order valence-electron chi connectivity index (χ1n) is 15.5. The van der Waals surface area contributed by atoms with Gasteiger partial charge in [0.05, 0.1) is 6.04 Å². The van der Waals surface area contributed by atoms with E-state index in [1.807, 2.05) is 0 Å². The van der Waals surface area contributed by atoms with E-state index in [-0.39, 0.29) is 49.0 Å². The third kappa shape index (κ3) is 18.5. The van der Waals surface area contributed by atoms with Crippen molar-refractivity contribution in [2.75, 3.05) is 36.9 Å². The minimum Gasteiger partial charge on any atom is -0.480 e. The molecule has 276 valence electrons. The zero-order valence-electron chi connectivity index (χ0n) is 26.9. The highest BCUT2D eigenvalue weighted by atomic mass is 32.1. The van der Waals surface area contributed by atoms with Crippen LogP contribution in [0.25, 0.3) is 0 Å². The predicted octanol–water partition coefficient (Wildman–Crippen LogP) is -4.08. The Labute approximate surface area is 297 Å². The zero-order chi connectivity index (χ0) is 36.6. The second-order valence-corrected chi connectivity index (χ2v) is 11.9. The largest absolute Gasteiger partial charge is 0.480 e. The summed E-state index contributed by atoms with van der Waals surface area (Å²) in [5.41, 5.74) is 27.6. The molecule has 0 saturated carbocycles. The summed E-state index contributed by atoms with van der Waals surface area (Å²) in [6, 6.07) is -6.96. The number of nitrogens with zero attached hydrogens (tertiary/aromatic N) is 1.